The number of hydrazine groups is 1. The van der Waals surface area contributed by atoms with Crippen LogP contribution in [0, 0.1) is 12.7 Å². The first-order valence-electron chi connectivity index (χ1n) is 11.5. The zero-order valence-corrected chi connectivity index (χ0v) is 20.0. The molecule has 0 radical (unpaired) electrons. The molecular weight excluding hydrogens is 437 g/mol. The summed E-state index contributed by atoms with van der Waals surface area (Å²) in [6.45, 7) is 7.66. The highest BCUT2D eigenvalue weighted by molar-refractivity contribution is 5.89. The summed E-state index contributed by atoms with van der Waals surface area (Å²) in [6, 6.07) is 8.63. The zero-order valence-electron chi connectivity index (χ0n) is 20.0. The third kappa shape index (κ3) is 4.89. The number of aromatic nitrogens is 2. The quantitative estimate of drug-likeness (QED) is 0.474. The van der Waals surface area contributed by atoms with Crippen LogP contribution in [0.1, 0.15) is 30.5 Å². The Bertz CT molecular complexity index is 1220. The van der Waals surface area contributed by atoms with Gasteiger partial charge in [0.25, 0.3) is 5.91 Å². The van der Waals surface area contributed by atoms with Crippen LogP contribution in [0.25, 0.3) is 10.9 Å². The number of halogens is 1. The van der Waals surface area contributed by atoms with Gasteiger partial charge in [0.15, 0.2) is 0 Å². The maximum Gasteiger partial charge on any atom is 0.325 e. The highest BCUT2D eigenvalue weighted by Gasteiger charge is 2.27. The Morgan fingerprint density at radius 3 is 2.62 bits per heavy atom. The van der Waals surface area contributed by atoms with Gasteiger partial charge in [-0.2, -0.15) is 5.10 Å². The SMILES string of the molecule is CCOC(=O)CN(CC(=O)N(C)N1Cc2ccc(F)cc2C1)c1cc2cn(CC)nc2cc1C. The number of aryl methyl sites for hydroxylation is 2. The van der Waals surface area contributed by atoms with E-state index in [1.807, 2.05) is 41.9 Å². The lowest BCUT2D eigenvalue weighted by atomic mass is 10.1. The zero-order chi connectivity index (χ0) is 24.4. The second-order valence-electron chi connectivity index (χ2n) is 8.50. The van der Waals surface area contributed by atoms with Gasteiger partial charge < -0.3 is 9.64 Å². The van der Waals surface area contributed by atoms with E-state index in [-0.39, 0.29) is 31.4 Å². The van der Waals surface area contributed by atoms with Gasteiger partial charge in [-0.3, -0.25) is 19.3 Å². The number of amides is 1. The van der Waals surface area contributed by atoms with E-state index in [9.17, 15) is 14.0 Å². The van der Waals surface area contributed by atoms with Crippen LogP contribution in [0.15, 0.2) is 36.5 Å². The number of rotatable bonds is 8. The Labute approximate surface area is 198 Å². The van der Waals surface area contributed by atoms with Gasteiger partial charge in [0.05, 0.1) is 18.7 Å². The molecule has 180 valence electrons. The summed E-state index contributed by atoms with van der Waals surface area (Å²) in [5, 5.41) is 8.91. The maximum absolute atomic E-state index is 13.6. The summed E-state index contributed by atoms with van der Waals surface area (Å²) in [6.07, 6.45) is 1.95. The molecule has 0 bridgehead atoms. The van der Waals surface area contributed by atoms with Crippen LogP contribution in [0.5, 0.6) is 0 Å². The van der Waals surface area contributed by atoms with Gasteiger partial charge in [-0.1, -0.05) is 6.07 Å². The molecule has 0 fully saturated rings. The smallest absolute Gasteiger partial charge is 0.325 e. The van der Waals surface area contributed by atoms with Crippen LogP contribution in [-0.2, 0) is 34.0 Å². The van der Waals surface area contributed by atoms with Crippen molar-refractivity contribution in [3.8, 4) is 0 Å². The van der Waals surface area contributed by atoms with Gasteiger partial charge in [-0.25, -0.2) is 9.40 Å². The van der Waals surface area contributed by atoms with Crippen molar-refractivity contribution in [1.29, 1.82) is 0 Å². The average Bonchev–Trinajstić information content (AvgIpc) is 3.40. The van der Waals surface area contributed by atoms with Crippen LogP contribution < -0.4 is 4.90 Å². The lowest BCUT2D eigenvalue weighted by molar-refractivity contribution is -0.145. The summed E-state index contributed by atoms with van der Waals surface area (Å²) in [5.41, 5.74) is 4.43. The summed E-state index contributed by atoms with van der Waals surface area (Å²) in [7, 11) is 1.70. The molecule has 0 saturated carbocycles. The van der Waals surface area contributed by atoms with Crippen molar-refractivity contribution < 1.29 is 18.7 Å². The predicted molar refractivity (Wildman–Crippen MR) is 127 cm³/mol. The van der Waals surface area contributed by atoms with E-state index in [1.165, 1.54) is 12.1 Å². The fourth-order valence-corrected chi connectivity index (χ4v) is 4.29. The third-order valence-electron chi connectivity index (χ3n) is 6.14. The van der Waals surface area contributed by atoms with Gasteiger partial charge in [0, 0.05) is 44.0 Å². The molecule has 0 unspecified atom stereocenters. The molecule has 3 aromatic rings. The average molecular weight is 468 g/mol. The lowest BCUT2D eigenvalue weighted by Crippen LogP contribution is -2.47. The molecule has 1 aliphatic heterocycles. The molecule has 0 saturated heterocycles. The van der Waals surface area contributed by atoms with Gasteiger partial charge in [-0.15, -0.1) is 0 Å². The monoisotopic (exact) mass is 467 g/mol. The van der Waals surface area contributed by atoms with E-state index in [0.29, 0.717) is 13.1 Å². The Balaban J connectivity index is 1.56. The van der Waals surface area contributed by atoms with Crippen LogP contribution in [0.3, 0.4) is 0 Å². The number of carbonyl (C=O) groups is 2. The summed E-state index contributed by atoms with van der Waals surface area (Å²) in [5.74, 6) is -0.862. The highest BCUT2D eigenvalue weighted by Crippen LogP contribution is 2.28. The van der Waals surface area contributed by atoms with E-state index in [0.717, 1.165) is 39.8 Å². The fourth-order valence-electron chi connectivity index (χ4n) is 4.29. The fraction of sp³-hybridized carbons (Fsp3) is 0.400. The molecular formula is C25H30FN5O3. The van der Waals surface area contributed by atoms with Crippen LogP contribution in [-0.4, -0.2) is 58.4 Å². The minimum atomic E-state index is -0.397. The minimum absolute atomic E-state index is 0.00914. The largest absolute Gasteiger partial charge is 0.465 e. The molecule has 1 aliphatic rings. The molecule has 9 heteroatoms. The second-order valence-corrected chi connectivity index (χ2v) is 8.50. The van der Waals surface area contributed by atoms with E-state index in [2.05, 4.69) is 5.10 Å². The Kier molecular flexibility index (Phi) is 6.83. The van der Waals surface area contributed by atoms with E-state index < -0.39 is 5.97 Å². The lowest BCUT2D eigenvalue weighted by Gasteiger charge is -2.31. The molecule has 0 N–H and O–H groups in total. The summed E-state index contributed by atoms with van der Waals surface area (Å²) < 4.78 is 20.6. The number of ether oxygens (including phenoxy) is 1. The molecule has 0 atom stereocenters. The number of hydrogen-bond donors (Lipinski definition) is 0. The van der Waals surface area contributed by atoms with Gasteiger partial charge in [0.1, 0.15) is 12.4 Å². The number of anilines is 1. The van der Waals surface area contributed by atoms with Crippen LogP contribution in [0.4, 0.5) is 10.1 Å². The van der Waals surface area contributed by atoms with E-state index in [4.69, 9.17) is 4.74 Å². The number of benzene rings is 2. The molecule has 8 nitrogen and oxygen atoms in total. The Hall–Kier alpha value is -3.46. The van der Waals surface area contributed by atoms with Crippen LogP contribution >= 0.6 is 0 Å². The molecule has 2 aromatic carbocycles. The third-order valence-corrected chi connectivity index (χ3v) is 6.14. The van der Waals surface area contributed by atoms with Crippen molar-refractivity contribution in [2.24, 2.45) is 0 Å². The first kappa shape index (κ1) is 23.7. The Morgan fingerprint density at radius 2 is 1.88 bits per heavy atom. The van der Waals surface area contributed by atoms with Crippen molar-refractivity contribution in [3.63, 3.8) is 0 Å². The first-order chi connectivity index (χ1) is 16.3. The molecule has 34 heavy (non-hydrogen) atoms. The molecule has 0 spiro atoms. The molecule has 4 rings (SSSR count). The molecule has 1 aromatic heterocycles. The number of nitrogens with zero attached hydrogens (tertiary/aromatic N) is 5. The second kappa shape index (κ2) is 9.80. The highest BCUT2D eigenvalue weighted by atomic mass is 19.1. The summed E-state index contributed by atoms with van der Waals surface area (Å²) in [4.78, 5) is 27.4. The number of likely N-dealkylation sites (N-methyl/N-ethyl adjacent to an activating group) is 1. The van der Waals surface area contributed by atoms with Crippen molar-refractivity contribution in [2.75, 3.05) is 31.6 Å². The number of hydrogen-bond acceptors (Lipinski definition) is 6. The van der Waals surface area contributed by atoms with Crippen LogP contribution in [0.2, 0.25) is 0 Å². The van der Waals surface area contributed by atoms with Gasteiger partial charge in [-0.05, 0) is 61.7 Å². The number of fused-ring (bicyclic) bond motifs is 2. The normalized spacial score (nSPS) is 13.2. The van der Waals surface area contributed by atoms with Crippen molar-refractivity contribution in [1.82, 2.24) is 19.8 Å². The number of esters is 1. The van der Waals surface area contributed by atoms with E-state index in [1.54, 1.807) is 29.9 Å². The van der Waals surface area contributed by atoms with E-state index >= 15 is 0 Å². The molecule has 0 aliphatic carbocycles. The van der Waals surface area contributed by atoms with Crippen molar-refractivity contribution >= 4 is 28.5 Å². The minimum Gasteiger partial charge on any atom is -0.465 e. The Morgan fingerprint density at radius 1 is 1.12 bits per heavy atom. The van der Waals surface area contributed by atoms with Gasteiger partial charge >= 0.3 is 5.97 Å². The molecule has 2 heterocycles. The van der Waals surface area contributed by atoms with Crippen molar-refractivity contribution in [2.45, 2.75) is 40.4 Å². The predicted octanol–water partition coefficient (Wildman–Crippen LogP) is 3.26. The summed E-state index contributed by atoms with van der Waals surface area (Å²) >= 11 is 0. The topological polar surface area (TPSA) is 70.9 Å². The van der Waals surface area contributed by atoms with Gasteiger partial charge in [0.2, 0.25) is 0 Å². The first-order valence-corrected chi connectivity index (χ1v) is 11.5. The molecule has 1 amide bonds. The maximum atomic E-state index is 13.6. The standard InChI is InChI=1S/C25H30FN5O3/c1-5-30-12-20-11-23(17(3)9-22(20)27-30)29(16-25(33)34-6-2)15-24(32)28(4)31-13-18-7-8-21(26)10-19(18)14-31/h7-12H,5-6,13-16H2,1-4H3. The number of carbonyl (C=O) groups excluding carboxylic acids is 2. The van der Waals surface area contributed by atoms with Crippen molar-refractivity contribution in [3.05, 3.63) is 59.0 Å².